The van der Waals surface area contributed by atoms with Crippen LogP contribution in [-0.4, -0.2) is 5.11 Å². The van der Waals surface area contributed by atoms with Crippen LogP contribution in [0, 0.1) is 0 Å². The average Bonchev–Trinajstić information content (AvgIpc) is 2.08. The lowest BCUT2D eigenvalue weighted by atomic mass is 10.1. The minimum Gasteiger partial charge on any atom is -0.506 e. The molecule has 0 aromatic heterocycles. The number of hydrogen-bond donors (Lipinski definition) is 2. The van der Waals surface area contributed by atoms with Crippen LogP contribution in [0.1, 0.15) is 18.6 Å². The fraction of sp³-hybridized carbons (Fsp3) is 0.250. The number of aromatic hydroxyl groups is 1. The molecule has 66 valence electrons. The van der Waals surface area contributed by atoms with Gasteiger partial charge in [-0.1, -0.05) is 17.7 Å². The van der Waals surface area contributed by atoms with Crippen molar-refractivity contribution < 1.29 is 9.94 Å². The van der Waals surface area contributed by atoms with Crippen molar-refractivity contribution in [2.45, 2.75) is 13.0 Å². The SMILES string of the molecule is CC(ON)c1ccc(O)c(Cl)c1. The van der Waals surface area contributed by atoms with E-state index >= 15 is 0 Å². The average molecular weight is 188 g/mol. The van der Waals surface area contributed by atoms with E-state index in [0.717, 1.165) is 5.56 Å². The third-order valence-electron chi connectivity index (χ3n) is 1.65. The minimum absolute atomic E-state index is 0.0599. The van der Waals surface area contributed by atoms with Gasteiger partial charge < -0.3 is 5.11 Å². The van der Waals surface area contributed by atoms with Crippen molar-refractivity contribution in [2.75, 3.05) is 0 Å². The Labute approximate surface area is 75.7 Å². The maximum Gasteiger partial charge on any atom is 0.134 e. The lowest BCUT2D eigenvalue weighted by molar-refractivity contribution is 0.0664. The minimum atomic E-state index is -0.219. The molecule has 0 fully saturated rings. The van der Waals surface area contributed by atoms with Gasteiger partial charge in [0.25, 0.3) is 0 Å². The van der Waals surface area contributed by atoms with Crippen LogP contribution in [0.4, 0.5) is 0 Å². The molecule has 4 heteroatoms. The summed E-state index contributed by atoms with van der Waals surface area (Å²) in [5.41, 5.74) is 0.834. The predicted octanol–water partition coefficient (Wildman–Crippen LogP) is 2.00. The van der Waals surface area contributed by atoms with Crippen molar-refractivity contribution in [3.05, 3.63) is 28.8 Å². The van der Waals surface area contributed by atoms with Crippen LogP contribution in [0.2, 0.25) is 5.02 Å². The molecule has 1 unspecified atom stereocenters. The second-order valence-corrected chi connectivity index (χ2v) is 2.90. The van der Waals surface area contributed by atoms with Crippen molar-refractivity contribution in [2.24, 2.45) is 5.90 Å². The number of phenols is 1. The first-order chi connectivity index (χ1) is 5.65. The van der Waals surface area contributed by atoms with Gasteiger partial charge in [0.05, 0.1) is 5.02 Å². The molecule has 0 heterocycles. The summed E-state index contributed by atoms with van der Waals surface area (Å²) in [4.78, 5) is 4.59. The Kier molecular flexibility index (Phi) is 2.92. The van der Waals surface area contributed by atoms with Crippen molar-refractivity contribution in [3.8, 4) is 5.75 Å². The van der Waals surface area contributed by atoms with Gasteiger partial charge in [-0.15, -0.1) is 0 Å². The van der Waals surface area contributed by atoms with Gasteiger partial charge in [-0.05, 0) is 24.6 Å². The summed E-state index contributed by atoms with van der Waals surface area (Å²) in [6.45, 7) is 1.79. The van der Waals surface area contributed by atoms with Crippen LogP contribution in [-0.2, 0) is 4.84 Å². The first-order valence-electron chi connectivity index (χ1n) is 3.49. The molecule has 12 heavy (non-hydrogen) atoms. The van der Waals surface area contributed by atoms with Crippen LogP contribution in [0.3, 0.4) is 0 Å². The van der Waals surface area contributed by atoms with Crippen LogP contribution in [0.25, 0.3) is 0 Å². The highest BCUT2D eigenvalue weighted by Gasteiger charge is 2.06. The Balaban J connectivity index is 2.96. The lowest BCUT2D eigenvalue weighted by Gasteiger charge is -2.09. The first kappa shape index (κ1) is 9.32. The van der Waals surface area contributed by atoms with Crippen molar-refractivity contribution in [1.29, 1.82) is 0 Å². The van der Waals surface area contributed by atoms with E-state index in [9.17, 15) is 0 Å². The normalized spacial score (nSPS) is 12.9. The number of hydrogen-bond acceptors (Lipinski definition) is 3. The summed E-state index contributed by atoms with van der Waals surface area (Å²) >= 11 is 5.67. The molecule has 0 saturated carbocycles. The number of halogens is 1. The predicted molar refractivity (Wildman–Crippen MR) is 46.8 cm³/mol. The molecule has 1 aromatic rings. The van der Waals surface area contributed by atoms with Gasteiger partial charge in [-0.2, -0.15) is 0 Å². The van der Waals surface area contributed by atoms with Gasteiger partial charge in [0, 0.05) is 0 Å². The molecule has 1 atom stereocenters. The summed E-state index contributed by atoms with van der Waals surface area (Å²) in [5.74, 6) is 5.05. The van der Waals surface area contributed by atoms with Gasteiger partial charge in [-0.3, -0.25) is 4.84 Å². The van der Waals surface area contributed by atoms with E-state index < -0.39 is 0 Å². The molecular formula is C8H10ClNO2. The highest BCUT2D eigenvalue weighted by atomic mass is 35.5. The molecule has 0 saturated heterocycles. The Morgan fingerprint density at radius 1 is 1.58 bits per heavy atom. The fourth-order valence-corrected chi connectivity index (χ4v) is 1.04. The summed E-state index contributed by atoms with van der Waals surface area (Å²) < 4.78 is 0. The Hall–Kier alpha value is -0.770. The van der Waals surface area contributed by atoms with Crippen LogP contribution >= 0.6 is 11.6 Å². The summed E-state index contributed by atoms with van der Waals surface area (Å²) in [6, 6.07) is 4.83. The van der Waals surface area contributed by atoms with Gasteiger partial charge in [0.2, 0.25) is 0 Å². The zero-order valence-electron chi connectivity index (χ0n) is 6.62. The Bertz CT molecular complexity index is 278. The van der Waals surface area contributed by atoms with Gasteiger partial charge in [-0.25, -0.2) is 5.90 Å². The molecule has 1 aromatic carbocycles. The molecule has 0 bridgehead atoms. The van der Waals surface area contributed by atoms with E-state index in [2.05, 4.69) is 4.84 Å². The molecule has 3 N–H and O–H groups in total. The molecule has 0 amide bonds. The van der Waals surface area contributed by atoms with E-state index in [0.29, 0.717) is 5.02 Å². The van der Waals surface area contributed by atoms with E-state index in [1.807, 2.05) is 0 Å². The van der Waals surface area contributed by atoms with Crippen molar-refractivity contribution in [1.82, 2.24) is 0 Å². The summed E-state index contributed by atoms with van der Waals surface area (Å²) in [5, 5.41) is 9.40. The highest BCUT2D eigenvalue weighted by Crippen LogP contribution is 2.26. The van der Waals surface area contributed by atoms with Crippen molar-refractivity contribution >= 4 is 11.6 Å². The van der Waals surface area contributed by atoms with Crippen LogP contribution < -0.4 is 5.90 Å². The van der Waals surface area contributed by atoms with E-state index in [1.165, 1.54) is 6.07 Å². The standard InChI is InChI=1S/C8H10ClNO2/c1-5(12-10)6-2-3-8(11)7(9)4-6/h2-5,11H,10H2,1H3. The largest absolute Gasteiger partial charge is 0.506 e. The van der Waals surface area contributed by atoms with E-state index in [-0.39, 0.29) is 11.9 Å². The van der Waals surface area contributed by atoms with E-state index in [4.69, 9.17) is 22.6 Å². The van der Waals surface area contributed by atoms with Gasteiger partial charge in [0.1, 0.15) is 11.9 Å². The van der Waals surface area contributed by atoms with Crippen molar-refractivity contribution in [3.63, 3.8) is 0 Å². The zero-order chi connectivity index (χ0) is 9.14. The molecule has 3 nitrogen and oxygen atoms in total. The summed E-state index contributed by atoms with van der Waals surface area (Å²) in [6.07, 6.45) is -0.219. The van der Waals surface area contributed by atoms with Gasteiger partial charge in [0.15, 0.2) is 0 Å². The quantitative estimate of drug-likeness (QED) is 0.697. The van der Waals surface area contributed by atoms with E-state index in [1.54, 1.807) is 19.1 Å². The lowest BCUT2D eigenvalue weighted by Crippen LogP contribution is -2.04. The fourth-order valence-electron chi connectivity index (χ4n) is 0.855. The number of nitrogens with two attached hydrogens (primary N) is 1. The first-order valence-corrected chi connectivity index (χ1v) is 3.87. The third-order valence-corrected chi connectivity index (χ3v) is 1.95. The molecule has 0 aliphatic rings. The Morgan fingerprint density at radius 2 is 2.25 bits per heavy atom. The molecule has 1 rings (SSSR count). The number of phenolic OH excluding ortho intramolecular Hbond substituents is 1. The zero-order valence-corrected chi connectivity index (χ0v) is 7.38. The molecule has 0 aliphatic carbocycles. The molecular weight excluding hydrogens is 178 g/mol. The van der Waals surface area contributed by atoms with Crippen LogP contribution in [0.15, 0.2) is 18.2 Å². The smallest absolute Gasteiger partial charge is 0.134 e. The second kappa shape index (κ2) is 3.76. The second-order valence-electron chi connectivity index (χ2n) is 2.49. The van der Waals surface area contributed by atoms with Gasteiger partial charge >= 0.3 is 0 Å². The monoisotopic (exact) mass is 187 g/mol. The topological polar surface area (TPSA) is 55.5 Å². The molecule has 0 radical (unpaired) electrons. The number of benzene rings is 1. The van der Waals surface area contributed by atoms with Crippen LogP contribution in [0.5, 0.6) is 5.75 Å². The Morgan fingerprint density at radius 3 is 2.75 bits per heavy atom. The molecule has 0 aliphatic heterocycles. The summed E-state index contributed by atoms with van der Waals surface area (Å²) in [7, 11) is 0. The maximum absolute atomic E-state index is 9.09. The third kappa shape index (κ3) is 1.88. The highest BCUT2D eigenvalue weighted by molar-refractivity contribution is 6.32. The molecule has 0 spiro atoms. The maximum atomic E-state index is 9.09. The number of rotatable bonds is 2.